The third-order valence-corrected chi connectivity index (χ3v) is 3.56. The highest BCUT2D eigenvalue weighted by Gasteiger charge is 2.11. The van der Waals surface area contributed by atoms with E-state index in [1.807, 2.05) is 30.3 Å². The van der Waals surface area contributed by atoms with Gasteiger partial charge in [-0.3, -0.25) is 0 Å². The van der Waals surface area contributed by atoms with Crippen LogP contribution >= 0.6 is 24.0 Å². The molecule has 1 aliphatic heterocycles. The molecule has 0 spiro atoms. The number of halogens is 2. The molecule has 1 unspecified atom stereocenters. The Labute approximate surface area is 121 Å². The summed E-state index contributed by atoms with van der Waals surface area (Å²) in [5.74, 6) is 0. The van der Waals surface area contributed by atoms with E-state index in [4.69, 9.17) is 16.3 Å². The summed E-state index contributed by atoms with van der Waals surface area (Å²) in [5.41, 5.74) is 0.716. The Bertz CT molecular complexity index is 315. The van der Waals surface area contributed by atoms with Gasteiger partial charge < -0.3 is 9.64 Å². The SMILES string of the molecule is Cl.ClC(OCCN1CCCCC1)c1ccccc1. The van der Waals surface area contributed by atoms with E-state index in [1.54, 1.807) is 0 Å². The van der Waals surface area contributed by atoms with E-state index < -0.39 is 0 Å². The number of alkyl halides is 1. The Hall–Kier alpha value is -0.280. The van der Waals surface area contributed by atoms with Crippen LogP contribution in [0.5, 0.6) is 0 Å². The van der Waals surface area contributed by atoms with Gasteiger partial charge in [0.2, 0.25) is 0 Å². The molecule has 0 radical (unpaired) electrons. The molecule has 18 heavy (non-hydrogen) atoms. The summed E-state index contributed by atoms with van der Waals surface area (Å²) in [4.78, 5) is 2.46. The molecule has 1 heterocycles. The van der Waals surface area contributed by atoms with Gasteiger partial charge in [-0.2, -0.15) is 0 Å². The summed E-state index contributed by atoms with van der Waals surface area (Å²) in [6, 6.07) is 9.95. The molecule has 0 aliphatic carbocycles. The lowest BCUT2D eigenvalue weighted by molar-refractivity contribution is 0.0771. The molecule has 4 heteroatoms. The molecule has 1 fully saturated rings. The van der Waals surface area contributed by atoms with Crippen LogP contribution in [0.4, 0.5) is 0 Å². The molecule has 0 N–H and O–H groups in total. The molecular weight excluding hydrogens is 269 g/mol. The minimum atomic E-state index is -0.319. The van der Waals surface area contributed by atoms with Crippen LogP contribution < -0.4 is 0 Å². The second kappa shape index (κ2) is 8.76. The van der Waals surface area contributed by atoms with Gasteiger partial charge in [-0.1, -0.05) is 48.4 Å². The Morgan fingerprint density at radius 2 is 1.78 bits per heavy atom. The van der Waals surface area contributed by atoms with Crippen LogP contribution in [0.1, 0.15) is 30.4 Å². The third-order valence-electron chi connectivity index (χ3n) is 3.18. The number of benzene rings is 1. The molecule has 2 nitrogen and oxygen atoms in total. The summed E-state index contributed by atoms with van der Waals surface area (Å²) in [6.07, 6.45) is 4.02. The van der Waals surface area contributed by atoms with Crippen molar-refractivity contribution in [3.05, 3.63) is 35.9 Å². The Morgan fingerprint density at radius 3 is 2.44 bits per heavy atom. The lowest BCUT2D eigenvalue weighted by atomic mass is 10.1. The van der Waals surface area contributed by atoms with Crippen LogP contribution in [0.25, 0.3) is 0 Å². The fraction of sp³-hybridized carbons (Fsp3) is 0.571. The maximum atomic E-state index is 6.18. The average molecular weight is 290 g/mol. The molecule has 1 saturated heterocycles. The Balaban J connectivity index is 0.00000162. The van der Waals surface area contributed by atoms with E-state index in [0.717, 1.165) is 12.1 Å². The first-order valence-corrected chi connectivity index (χ1v) is 6.83. The molecule has 1 atom stereocenters. The fourth-order valence-electron chi connectivity index (χ4n) is 2.17. The molecule has 102 valence electrons. The predicted octanol–water partition coefficient (Wildman–Crippen LogP) is 3.85. The summed E-state index contributed by atoms with van der Waals surface area (Å²) in [5, 5.41) is 0. The summed E-state index contributed by atoms with van der Waals surface area (Å²) in [6.45, 7) is 4.13. The van der Waals surface area contributed by atoms with Crippen molar-refractivity contribution in [3.63, 3.8) is 0 Å². The topological polar surface area (TPSA) is 12.5 Å². The molecular formula is C14H21Cl2NO. The zero-order chi connectivity index (χ0) is 11.9. The van der Waals surface area contributed by atoms with Crippen molar-refractivity contribution in [1.82, 2.24) is 4.90 Å². The van der Waals surface area contributed by atoms with E-state index in [-0.39, 0.29) is 18.0 Å². The van der Waals surface area contributed by atoms with Crippen LogP contribution in [-0.4, -0.2) is 31.1 Å². The summed E-state index contributed by atoms with van der Waals surface area (Å²) < 4.78 is 5.65. The molecule has 0 amide bonds. The molecule has 1 aliphatic rings. The fourth-order valence-corrected chi connectivity index (χ4v) is 2.40. The first-order chi connectivity index (χ1) is 8.36. The van der Waals surface area contributed by atoms with E-state index in [1.165, 1.54) is 32.4 Å². The summed E-state index contributed by atoms with van der Waals surface area (Å²) in [7, 11) is 0. The zero-order valence-corrected chi connectivity index (χ0v) is 12.1. The zero-order valence-electron chi connectivity index (χ0n) is 10.6. The third kappa shape index (κ3) is 5.15. The van der Waals surface area contributed by atoms with Gasteiger partial charge in [0.15, 0.2) is 5.56 Å². The van der Waals surface area contributed by atoms with Gasteiger partial charge in [0, 0.05) is 6.54 Å². The van der Waals surface area contributed by atoms with Crippen LogP contribution in [0.2, 0.25) is 0 Å². The van der Waals surface area contributed by atoms with Gasteiger partial charge >= 0.3 is 0 Å². The molecule has 1 aromatic carbocycles. The largest absolute Gasteiger partial charge is 0.357 e. The monoisotopic (exact) mass is 289 g/mol. The van der Waals surface area contributed by atoms with Gasteiger partial charge in [-0.25, -0.2) is 0 Å². The maximum absolute atomic E-state index is 6.18. The smallest absolute Gasteiger partial charge is 0.156 e. The van der Waals surface area contributed by atoms with Crippen molar-refractivity contribution in [2.45, 2.75) is 24.8 Å². The predicted molar refractivity (Wildman–Crippen MR) is 78.5 cm³/mol. The lowest BCUT2D eigenvalue weighted by Crippen LogP contribution is -2.32. The highest BCUT2D eigenvalue weighted by molar-refractivity contribution is 6.19. The number of piperidine rings is 1. The van der Waals surface area contributed by atoms with Crippen molar-refractivity contribution in [3.8, 4) is 0 Å². The van der Waals surface area contributed by atoms with Crippen LogP contribution in [-0.2, 0) is 4.74 Å². The highest BCUT2D eigenvalue weighted by atomic mass is 35.5. The minimum absolute atomic E-state index is 0. The van der Waals surface area contributed by atoms with Gasteiger partial charge in [0.05, 0.1) is 6.61 Å². The molecule has 2 rings (SSSR count). The number of rotatable bonds is 5. The molecule has 0 saturated carbocycles. The van der Waals surface area contributed by atoms with Gasteiger partial charge in [-0.15, -0.1) is 12.4 Å². The van der Waals surface area contributed by atoms with E-state index >= 15 is 0 Å². The lowest BCUT2D eigenvalue weighted by Gasteiger charge is -2.26. The van der Waals surface area contributed by atoms with Crippen LogP contribution in [0, 0.1) is 0 Å². The average Bonchev–Trinajstić information content (AvgIpc) is 2.41. The number of hydrogen-bond donors (Lipinski definition) is 0. The quantitative estimate of drug-likeness (QED) is 0.764. The van der Waals surface area contributed by atoms with E-state index in [0.29, 0.717) is 6.61 Å². The van der Waals surface area contributed by atoms with Crippen molar-refractivity contribution in [2.24, 2.45) is 0 Å². The second-order valence-corrected chi connectivity index (χ2v) is 4.90. The summed E-state index contributed by atoms with van der Waals surface area (Å²) >= 11 is 6.18. The van der Waals surface area contributed by atoms with Crippen LogP contribution in [0.15, 0.2) is 30.3 Å². The maximum Gasteiger partial charge on any atom is 0.156 e. The Kier molecular flexibility index (Phi) is 7.68. The van der Waals surface area contributed by atoms with Gasteiger partial charge in [-0.05, 0) is 31.5 Å². The highest BCUT2D eigenvalue weighted by Crippen LogP contribution is 2.21. The molecule has 0 aromatic heterocycles. The van der Waals surface area contributed by atoms with Gasteiger partial charge in [0.25, 0.3) is 0 Å². The van der Waals surface area contributed by atoms with E-state index in [9.17, 15) is 0 Å². The van der Waals surface area contributed by atoms with Crippen molar-refractivity contribution >= 4 is 24.0 Å². The first-order valence-electron chi connectivity index (χ1n) is 6.39. The van der Waals surface area contributed by atoms with Gasteiger partial charge in [0.1, 0.15) is 0 Å². The second-order valence-electron chi connectivity index (χ2n) is 4.50. The van der Waals surface area contributed by atoms with E-state index in [2.05, 4.69) is 4.90 Å². The van der Waals surface area contributed by atoms with Crippen molar-refractivity contribution in [2.75, 3.05) is 26.2 Å². The number of nitrogens with zero attached hydrogens (tertiary/aromatic N) is 1. The molecule has 0 bridgehead atoms. The molecule has 1 aromatic rings. The number of ether oxygens (including phenoxy) is 1. The van der Waals surface area contributed by atoms with Crippen LogP contribution in [0.3, 0.4) is 0 Å². The standard InChI is InChI=1S/C14H20ClNO.ClH/c15-14(13-7-3-1-4-8-13)17-12-11-16-9-5-2-6-10-16;/h1,3-4,7-8,14H,2,5-6,9-12H2;1H. The van der Waals surface area contributed by atoms with Crippen molar-refractivity contribution < 1.29 is 4.74 Å². The minimum Gasteiger partial charge on any atom is -0.357 e. The number of hydrogen-bond acceptors (Lipinski definition) is 2. The normalized spacial score (nSPS) is 18.1. The Morgan fingerprint density at radius 1 is 1.11 bits per heavy atom. The number of likely N-dealkylation sites (tertiary alicyclic amines) is 1. The van der Waals surface area contributed by atoms with Crippen molar-refractivity contribution in [1.29, 1.82) is 0 Å². The first kappa shape index (κ1) is 15.8.